The van der Waals surface area contributed by atoms with Crippen molar-refractivity contribution in [2.24, 2.45) is 0 Å². The Bertz CT molecular complexity index is 807. The number of benzene rings is 2. The summed E-state index contributed by atoms with van der Waals surface area (Å²) in [6.07, 6.45) is 0.464. The number of esters is 1. The van der Waals surface area contributed by atoms with Crippen LogP contribution in [0.4, 0.5) is 5.69 Å². The number of phenols is 1. The summed E-state index contributed by atoms with van der Waals surface area (Å²) < 4.78 is 9.91. The average Bonchev–Trinajstić information content (AvgIpc) is 2.60. The Morgan fingerprint density at radius 3 is 2.62 bits per heavy atom. The van der Waals surface area contributed by atoms with E-state index in [0.29, 0.717) is 22.9 Å². The number of nitrogens with one attached hydrogen (secondary N) is 1. The maximum Gasteiger partial charge on any atom is 0.306 e. The number of aromatic hydroxyl groups is 1. The van der Waals surface area contributed by atoms with E-state index in [-0.39, 0.29) is 12.2 Å². The number of rotatable bonds is 7. The van der Waals surface area contributed by atoms with Gasteiger partial charge in [-0.15, -0.1) is 0 Å². The van der Waals surface area contributed by atoms with Gasteiger partial charge in [-0.1, -0.05) is 23.7 Å². The average molecular weight is 378 g/mol. The number of aryl methyl sites for hydroxylation is 2. The molecule has 0 radical (unpaired) electrons. The standard InChI is InChI=1S/C19H20ClNO5/c1-12-3-6-15(14(20)9-12)21-18(23)11-26-19(24)8-5-13-4-7-17(25-2)16(22)10-13/h3-4,6-7,9-10,22H,5,8,11H2,1-2H3,(H,21,23). The number of phenolic OH excluding ortho intramolecular Hbond substituents is 1. The summed E-state index contributed by atoms with van der Waals surface area (Å²) in [5.41, 5.74) is 2.20. The smallest absolute Gasteiger partial charge is 0.306 e. The molecule has 0 aliphatic heterocycles. The van der Waals surface area contributed by atoms with Crippen LogP contribution in [0.1, 0.15) is 17.5 Å². The minimum absolute atomic E-state index is 0.00715. The molecular formula is C19H20ClNO5. The summed E-state index contributed by atoms with van der Waals surface area (Å²) in [5.74, 6) is -0.604. The summed E-state index contributed by atoms with van der Waals surface area (Å²) in [6, 6.07) is 10.1. The molecule has 0 aromatic heterocycles. The molecule has 2 rings (SSSR count). The Morgan fingerprint density at radius 2 is 1.96 bits per heavy atom. The molecule has 2 aromatic rings. The van der Waals surface area contributed by atoms with Crippen molar-refractivity contribution in [2.75, 3.05) is 19.0 Å². The molecule has 0 unspecified atom stereocenters. The highest BCUT2D eigenvalue weighted by atomic mass is 35.5. The normalized spacial score (nSPS) is 10.3. The van der Waals surface area contributed by atoms with Crippen LogP contribution >= 0.6 is 11.6 Å². The predicted octanol–water partition coefficient (Wildman–Crippen LogP) is 3.48. The first-order valence-electron chi connectivity index (χ1n) is 7.96. The summed E-state index contributed by atoms with van der Waals surface area (Å²) in [4.78, 5) is 23.6. The van der Waals surface area contributed by atoms with Crippen molar-refractivity contribution in [3.8, 4) is 11.5 Å². The molecule has 0 aliphatic rings. The fourth-order valence-electron chi connectivity index (χ4n) is 2.26. The Morgan fingerprint density at radius 1 is 1.19 bits per heavy atom. The third-order valence-corrected chi connectivity index (χ3v) is 3.94. The van der Waals surface area contributed by atoms with Crippen LogP contribution in [0.2, 0.25) is 5.02 Å². The van der Waals surface area contributed by atoms with Crippen LogP contribution in [0, 0.1) is 6.92 Å². The molecule has 0 fully saturated rings. The third kappa shape index (κ3) is 5.67. The van der Waals surface area contributed by atoms with E-state index in [1.165, 1.54) is 13.2 Å². The molecule has 0 saturated heterocycles. The molecule has 0 bridgehead atoms. The Labute approximate surface area is 156 Å². The van der Waals surface area contributed by atoms with Crippen molar-refractivity contribution in [3.05, 3.63) is 52.5 Å². The maximum absolute atomic E-state index is 11.8. The highest BCUT2D eigenvalue weighted by Crippen LogP contribution is 2.26. The molecule has 26 heavy (non-hydrogen) atoms. The Balaban J connectivity index is 1.77. The summed E-state index contributed by atoms with van der Waals surface area (Å²) >= 11 is 6.04. The van der Waals surface area contributed by atoms with E-state index >= 15 is 0 Å². The number of halogens is 1. The number of carbonyl (C=O) groups excluding carboxylic acids is 2. The quantitative estimate of drug-likeness (QED) is 0.721. The van der Waals surface area contributed by atoms with Crippen molar-refractivity contribution in [3.63, 3.8) is 0 Å². The second kappa shape index (κ2) is 9.10. The number of hydrogen-bond donors (Lipinski definition) is 2. The van der Waals surface area contributed by atoms with Gasteiger partial charge in [0.25, 0.3) is 5.91 Å². The van der Waals surface area contributed by atoms with Crippen LogP contribution in [0.15, 0.2) is 36.4 Å². The van der Waals surface area contributed by atoms with Gasteiger partial charge in [0.05, 0.1) is 17.8 Å². The predicted molar refractivity (Wildman–Crippen MR) is 98.8 cm³/mol. The number of hydrogen-bond acceptors (Lipinski definition) is 5. The molecule has 0 aliphatic carbocycles. The van der Waals surface area contributed by atoms with Crippen LogP contribution < -0.4 is 10.1 Å². The number of ether oxygens (including phenoxy) is 2. The Kier molecular flexibility index (Phi) is 6.86. The lowest BCUT2D eigenvalue weighted by Crippen LogP contribution is -2.21. The molecule has 6 nitrogen and oxygen atoms in total. The molecule has 0 atom stereocenters. The first-order valence-corrected chi connectivity index (χ1v) is 8.34. The van der Waals surface area contributed by atoms with Gasteiger partial charge in [-0.05, 0) is 48.7 Å². The number of amides is 1. The molecule has 2 aromatic carbocycles. The zero-order valence-electron chi connectivity index (χ0n) is 14.5. The largest absolute Gasteiger partial charge is 0.504 e. The van der Waals surface area contributed by atoms with Gasteiger partial charge in [0, 0.05) is 6.42 Å². The van der Waals surface area contributed by atoms with Gasteiger partial charge in [-0.2, -0.15) is 0 Å². The Hall–Kier alpha value is -2.73. The number of methoxy groups -OCH3 is 1. The molecule has 1 amide bonds. The van der Waals surface area contributed by atoms with Gasteiger partial charge in [0.15, 0.2) is 18.1 Å². The van der Waals surface area contributed by atoms with E-state index in [2.05, 4.69) is 5.32 Å². The van der Waals surface area contributed by atoms with Crippen LogP contribution in [-0.4, -0.2) is 30.7 Å². The zero-order chi connectivity index (χ0) is 19.1. The molecule has 0 saturated carbocycles. The van der Waals surface area contributed by atoms with E-state index in [4.69, 9.17) is 21.1 Å². The van der Waals surface area contributed by atoms with Crippen molar-refractivity contribution >= 4 is 29.2 Å². The topological polar surface area (TPSA) is 84.9 Å². The van der Waals surface area contributed by atoms with Crippen LogP contribution in [0.5, 0.6) is 11.5 Å². The summed E-state index contributed by atoms with van der Waals surface area (Å²) in [6.45, 7) is 1.50. The lowest BCUT2D eigenvalue weighted by atomic mass is 10.1. The van der Waals surface area contributed by atoms with E-state index < -0.39 is 18.5 Å². The van der Waals surface area contributed by atoms with Crippen molar-refractivity contribution in [1.29, 1.82) is 0 Å². The maximum atomic E-state index is 11.8. The lowest BCUT2D eigenvalue weighted by molar-refractivity contribution is -0.147. The van der Waals surface area contributed by atoms with Crippen LogP contribution in [-0.2, 0) is 20.7 Å². The zero-order valence-corrected chi connectivity index (χ0v) is 15.3. The van der Waals surface area contributed by atoms with Gasteiger partial charge in [0.2, 0.25) is 0 Å². The van der Waals surface area contributed by atoms with Crippen molar-refractivity contribution in [1.82, 2.24) is 0 Å². The van der Waals surface area contributed by atoms with E-state index in [1.54, 1.807) is 24.3 Å². The number of carbonyl (C=O) groups is 2. The molecule has 138 valence electrons. The monoisotopic (exact) mass is 377 g/mol. The highest BCUT2D eigenvalue weighted by molar-refractivity contribution is 6.33. The molecule has 0 heterocycles. The molecule has 7 heteroatoms. The van der Waals surface area contributed by atoms with Gasteiger partial charge >= 0.3 is 5.97 Å². The second-order valence-electron chi connectivity index (χ2n) is 5.70. The fourth-order valence-corrected chi connectivity index (χ4v) is 2.55. The first-order chi connectivity index (χ1) is 12.4. The minimum atomic E-state index is -0.509. The first kappa shape index (κ1) is 19.6. The third-order valence-electron chi connectivity index (χ3n) is 3.62. The summed E-state index contributed by atoms with van der Waals surface area (Å²) in [5, 5.41) is 12.7. The summed E-state index contributed by atoms with van der Waals surface area (Å²) in [7, 11) is 1.46. The van der Waals surface area contributed by atoms with Crippen LogP contribution in [0.3, 0.4) is 0 Å². The molecule has 2 N–H and O–H groups in total. The minimum Gasteiger partial charge on any atom is -0.504 e. The van der Waals surface area contributed by atoms with E-state index in [0.717, 1.165) is 11.1 Å². The van der Waals surface area contributed by atoms with Crippen molar-refractivity contribution in [2.45, 2.75) is 19.8 Å². The van der Waals surface area contributed by atoms with E-state index in [9.17, 15) is 14.7 Å². The number of anilines is 1. The van der Waals surface area contributed by atoms with Gasteiger partial charge < -0.3 is 19.9 Å². The van der Waals surface area contributed by atoms with Gasteiger partial charge in [0.1, 0.15) is 0 Å². The molecular weight excluding hydrogens is 358 g/mol. The van der Waals surface area contributed by atoms with E-state index in [1.807, 2.05) is 13.0 Å². The SMILES string of the molecule is COc1ccc(CCC(=O)OCC(=O)Nc2ccc(C)cc2Cl)cc1O. The fraction of sp³-hybridized carbons (Fsp3) is 0.263. The lowest BCUT2D eigenvalue weighted by Gasteiger charge is -2.09. The highest BCUT2D eigenvalue weighted by Gasteiger charge is 2.11. The van der Waals surface area contributed by atoms with Crippen LogP contribution in [0.25, 0.3) is 0 Å². The van der Waals surface area contributed by atoms with Gasteiger partial charge in [-0.25, -0.2) is 0 Å². The second-order valence-corrected chi connectivity index (χ2v) is 6.11. The molecule has 0 spiro atoms. The van der Waals surface area contributed by atoms with Gasteiger partial charge in [-0.3, -0.25) is 9.59 Å². The van der Waals surface area contributed by atoms with Crippen molar-refractivity contribution < 1.29 is 24.2 Å².